The Kier molecular flexibility index (Phi) is 4.32. The van der Waals surface area contributed by atoms with Gasteiger partial charge in [-0.1, -0.05) is 13.0 Å². The third-order valence-corrected chi connectivity index (χ3v) is 7.18. The molecule has 0 unspecified atom stereocenters. The molecule has 3 aliphatic rings. The second kappa shape index (κ2) is 6.40. The Hall–Kier alpha value is -1.84. The molecule has 0 heterocycles. The first-order chi connectivity index (χ1) is 12.4. The van der Waals surface area contributed by atoms with Gasteiger partial charge < -0.3 is 9.47 Å². The third kappa shape index (κ3) is 2.83. The number of hydrogen-bond acceptors (Lipinski definition) is 4. The summed E-state index contributed by atoms with van der Waals surface area (Å²) in [6.45, 7) is 5.31. The molecule has 4 heteroatoms. The molecule has 1 aromatic carbocycles. The zero-order valence-corrected chi connectivity index (χ0v) is 15.9. The van der Waals surface area contributed by atoms with E-state index < -0.39 is 0 Å². The highest BCUT2D eigenvalue weighted by molar-refractivity contribution is 5.69. The molecule has 2 fully saturated rings. The summed E-state index contributed by atoms with van der Waals surface area (Å²) in [5.74, 6) is 2.12. The summed E-state index contributed by atoms with van der Waals surface area (Å²) < 4.78 is 11.0. The molecule has 3 aliphatic carbocycles. The summed E-state index contributed by atoms with van der Waals surface area (Å²) in [6, 6.07) is 6.16. The Bertz CT molecular complexity index is 740. The predicted molar refractivity (Wildman–Crippen MR) is 97.9 cm³/mol. The van der Waals surface area contributed by atoms with Crippen molar-refractivity contribution in [3.05, 3.63) is 29.3 Å². The minimum absolute atomic E-state index is 0.0821. The summed E-state index contributed by atoms with van der Waals surface area (Å²) >= 11 is 0. The van der Waals surface area contributed by atoms with Gasteiger partial charge in [0.15, 0.2) is 0 Å². The van der Waals surface area contributed by atoms with Crippen LogP contribution in [-0.2, 0) is 20.7 Å². The van der Waals surface area contributed by atoms with Gasteiger partial charge in [0.2, 0.25) is 0 Å². The lowest BCUT2D eigenvalue weighted by atomic mass is 9.55. The van der Waals surface area contributed by atoms with E-state index in [2.05, 4.69) is 19.1 Å². The van der Waals surface area contributed by atoms with Gasteiger partial charge in [-0.2, -0.15) is 0 Å². The van der Waals surface area contributed by atoms with Crippen molar-refractivity contribution in [3.8, 4) is 5.75 Å². The van der Waals surface area contributed by atoms with Crippen LogP contribution in [-0.4, -0.2) is 18.0 Å². The number of hydrogen-bond donors (Lipinski definition) is 0. The number of carbonyl (C=O) groups is 2. The predicted octanol–water partition coefficient (Wildman–Crippen LogP) is 4.40. The molecule has 0 radical (unpaired) electrons. The van der Waals surface area contributed by atoms with Crippen molar-refractivity contribution in [1.82, 2.24) is 0 Å². The van der Waals surface area contributed by atoms with Crippen molar-refractivity contribution in [2.75, 3.05) is 0 Å². The second-order valence-electron chi connectivity index (χ2n) is 8.59. The Labute approximate surface area is 155 Å². The molecule has 0 amide bonds. The first kappa shape index (κ1) is 17.6. The highest BCUT2D eigenvalue weighted by atomic mass is 16.5. The van der Waals surface area contributed by atoms with Gasteiger partial charge in [-0.05, 0) is 79.5 Å². The van der Waals surface area contributed by atoms with E-state index in [-0.39, 0.29) is 23.5 Å². The summed E-state index contributed by atoms with van der Waals surface area (Å²) in [5.41, 5.74) is 2.90. The van der Waals surface area contributed by atoms with Crippen LogP contribution >= 0.6 is 0 Å². The van der Waals surface area contributed by atoms with E-state index in [0.29, 0.717) is 23.5 Å². The van der Waals surface area contributed by atoms with Gasteiger partial charge in [0.05, 0.1) is 0 Å². The van der Waals surface area contributed by atoms with Crippen LogP contribution in [0.15, 0.2) is 18.2 Å². The highest BCUT2D eigenvalue weighted by Gasteiger charge is 2.56. The molecule has 26 heavy (non-hydrogen) atoms. The van der Waals surface area contributed by atoms with E-state index in [1.165, 1.54) is 31.4 Å². The van der Waals surface area contributed by atoms with Crippen LogP contribution in [0.5, 0.6) is 5.75 Å². The number of rotatable bonds is 2. The van der Waals surface area contributed by atoms with E-state index in [4.69, 9.17) is 9.47 Å². The number of carbonyl (C=O) groups excluding carboxylic acids is 2. The van der Waals surface area contributed by atoms with E-state index >= 15 is 0 Å². The fourth-order valence-electron chi connectivity index (χ4n) is 6.13. The molecule has 0 aliphatic heterocycles. The summed E-state index contributed by atoms with van der Waals surface area (Å²) in [6.07, 6.45) is 6.72. The lowest BCUT2D eigenvalue weighted by Crippen LogP contribution is -2.45. The van der Waals surface area contributed by atoms with Gasteiger partial charge in [-0.25, -0.2) is 0 Å². The molecule has 0 saturated heterocycles. The van der Waals surface area contributed by atoms with Gasteiger partial charge in [0.25, 0.3) is 0 Å². The highest BCUT2D eigenvalue weighted by Crippen LogP contribution is 2.61. The van der Waals surface area contributed by atoms with Crippen molar-refractivity contribution in [3.63, 3.8) is 0 Å². The summed E-state index contributed by atoms with van der Waals surface area (Å²) in [7, 11) is 0. The Morgan fingerprint density at radius 1 is 1.08 bits per heavy atom. The fourth-order valence-corrected chi connectivity index (χ4v) is 6.13. The lowest BCUT2D eigenvalue weighted by molar-refractivity contribution is -0.154. The number of fused-ring (bicyclic) bond motifs is 5. The third-order valence-electron chi connectivity index (χ3n) is 7.18. The maximum atomic E-state index is 11.5. The van der Waals surface area contributed by atoms with E-state index in [0.717, 1.165) is 32.1 Å². The van der Waals surface area contributed by atoms with Gasteiger partial charge in [0, 0.05) is 19.3 Å². The Balaban J connectivity index is 1.58. The first-order valence-electron chi connectivity index (χ1n) is 9.87. The average Bonchev–Trinajstić information content (AvgIpc) is 2.90. The molecule has 5 atom stereocenters. The van der Waals surface area contributed by atoms with Crippen LogP contribution in [0.2, 0.25) is 0 Å². The largest absolute Gasteiger partial charge is 0.462 e. The van der Waals surface area contributed by atoms with Crippen LogP contribution in [0.3, 0.4) is 0 Å². The molecule has 0 aromatic heterocycles. The fraction of sp³-hybridized carbons (Fsp3) is 0.636. The maximum Gasteiger partial charge on any atom is 0.308 e. The van der Waals surface area contributed by atoms with E-state index in [9.17, 15) is 9.59 Å². The van der Waals surface area contributed by atoms with Crippen molar-refractivity contribution in [2.24, 2.45) is 17.3 Å². The molecule has 1 aromatic rings. The summed E-state index contributed by atoms with van der Waals surface area (Å²) in [4.78, 5) is 22.7. The molecule has 0 bridgehead atoms. The van der Waals surface area contributed by atoms with Crippen molar-refractivity contribution < 1.29 is 19.1 Å². The molecule has 2 saturated carbocycles. The smallest absolute Gasteiger partial charge is 0.308 e. The number of esters is 2. The maximum absolute atomic E-state index is 11.5. The minimum atomic E-state index is -0.269. The van der Waals surface area contributed by atoms with Crippen molar-refractivity contribution in [2.45, 2.75) is 71.3 Å². The Morgan fingerprint density at radius 3 is 2.62 bits per heavy atom. The second-order valence-corrected chi connectivity index (χ2v) is 8.59. The molecular formula is C22H28O4. The molecule has 0 spiro atoms. The quantitative estimate of drug-likeness (QED) is 0.582. The van der Waals surface area contributed by atoms with Crippen molar-refractivity contribution in [1.29, 1.82) is 0 Å². The molecule has 0 N–H and O–H groups in total. The van der Waals surface area contributed by atoms with Crippen LogP contribution in [0.4, 0.5) is 0 Å². The summed E-state index contributed by atoms with van der Waals surface area (Å²) in [5, 5.41) is 0. The molecule has 140 valence electrons. The first-order valence-corrected chi connectivity index (χ1v) is 9.87. The number of benzene rings is 1. The van der Waals surface area contributed by atoms with Crippen LogP contribution in [0.1, 0.15) is 69.9 Å². The zero-order chi connectivity index (χ0) is 18.5. The topological polar surface area (TPSA) is 52.6 Å². The number of aryl methyl sites for hydroxylation is 1. The van der Waals surface area contributed by atoms with Crippen LogP contribution in [0, 0.1) is 17.3 Å². The van der Waals surface area contributed by atoms with Gasteiger partial charge >= 0.3 is 11.9 Å². The SMILES string of the molecule is CC(=O)Oc1ccc2c(c1)CC[C@@H]1[C@H]2CC[C@]2(C)[C@@H](OC(C)=O)CC[C@@H]12. The van der Waals surface area contributed by atoms with E-state index in [1.807, 2.05) is 6.07 Å². The number of ether oxygens (including phenoxy) is 2. The minimum Gasteiger partial charge on any atom is -0.462 e. The average molecular weight is 356 g/mol. The van der Waals surface area contributed by atoms with Gasteiger partial charge in [-0.3, -0.25) is 9.59 Å². The van der Waals surface area contributed by atoms with E-state index in [1.54, 1.807) is 0 Å². The van der Waals surface area contributed by atoms with Crippen LogP contribution < -0.4 is 4.74 Å². The van der Waals surface area contributed by atoms with Crippen molar-refractivity contribution >= 4 is 11.9 Å². The monoisotopic (exact) mass is 356 g/mol. The zero-order valence-electron chi connectivity index (χ0n) is 15.9. The van der Waals surface area contributed by atoms with Gasteiger partial charge in [-0.15, -0.1) is 0 Å². The van der Waals surface area contributed by atoms with Crippen LogP contribution in [0.25, 0.3) is 0 Å². The van der Waals surface area contributed by atoms with Gasteiger partial charge in [0.1, 0.15) is 11.9 Å². The lowest BCUT2D eigenvalue weighted by Gasteiger charge is -2.50. The Morgan fingerprint density at radius 2 is 1.88 bits per heavy atom. The standard InChI is InChI=1S/C22H28O4/c1-13(23)25-16-5-7-17-15(12-16)4-6-19-18(17)10-11-22(3)20(19)8-9-21(22)26-14(2)24/h5,7,12,18-21H,4,6,8-11H2,1-3H3/t18-,19+,20-,21-,22-/m0/s1. The normalized spacial score (nSPS) is 35.0. The molecular weight excluding hydrogens is 328 g/mol. The molecule has 4 rings (SSSR count). The molecule has 4 nitrogen and oxygen atoms in total.